The van der Waals surface area contributed by atoms with Crippen LogP contribution in [0.5, 0.6) is 0 Å². The van der Waals surface area contributed by atoms with Gasteiger partial charge < -0.3 is 8.98 Å². The highest BCUT2D eigenvalue weighted by molar-refractivity contribution is 6.16. The first-order valence-electron chi connectivity index (χ1n) is 19.5. The SMILES string of the molecule is c1ccc(-c2ccc3c(c2)c2cc4ccccc4cc2n3-c2cc(-c3nc(-c4ccccc4)nc(-c4ccc5ccccc5c4)n3)c3c(c2)oc2ccccc23)cc1. The minimum atomic E-state index is 0.577. The zero-order valence-corrected chi connectivity index (χ0v) is 31.2. The molecule has 58 heavy (non-hydrogen) atoms. The van der Waals surface area contributed by atoms with E-state index in [1.54, 1.807) is 0 Å². The van der Waals surface area contributed by atoms with Crippen LogP contribution in [0, 0.1) is 0 Å². The van der Waals surface area contributed by atoms with Gasteiger partial charge in [0.1, 0.15) is 11.2 Å². The lowest BCUT2D eigenvalue weighted by Crippen LogP contribution is -2.02. The van der Waals surface area contributed by atoms with Gasteiger partial charge in [-0.05, 0) is 75.1 Å². The maximum absolute atomic E-state index is 6.72. The highest BCUT2D eigenvalue weighted by atomic mass is 16.3. The Labute approximate surface area is 333 Å². The average Bonchev–Trinajstić information content (AvgIpc) is 3.83. The van der Waals surface area contributed by atoms with E-state index in [2.05, 4.69) is 168 Å². The zero-order chi connectivity index (χ0) is 38.2. The smallest absolute Gasteiger partial charge is 0.164 e. The van der Waals surface area contributed by atoms with Crippen LogP contribution in [-0.2, 0) is 0 Å². The van der Waals surface area contributed by atoms with Crippen molar-refractivity contribution >= 4 is 65.3 Å². The van der Waals surface area contributed by atoms with Gasteiger partial charge >= 0.3 is 0 Å². The molecule has 9 aromatic carbocycles. The van der Waals surface area contributed by atoms with Crippen LogP contribution in [-0.4, -0.2) is 19.5 Å². The molecule has 0 atom stereocenters. The van der Waals surface area contributed by atoms with Crippen molar-refractivity contribution < 1.29 is 4.42 Å². The number of para-hydroxylation sites is 1. The summed E-state index contributed by atoms with van der Waals surface area (Å²) in [6, 6.07) is 68.1. The molecule has 0 radical (unpaired) electrons. The Hall–Kier alpha value is -7.89. The highest BCUT2D eigenvalue weighted by Crippen LogP contribution is 2.42. The van der Waals surface area contributed by atoms with Crippen molar-refractivity contribution in [3.05, 3.63) is 194 Å². The number of hydrogen-bond acceptors (Lipinski definition) is 4. The second-order valence-corrected chi connectivity index (χ2v) is 14.8. The number of benzene rings is 9. The molecular formula is C53H32N4O. The molecule has 12 aromatic rings. The van der Waals surface area contributed by atoms with Gasteiger partial charge in [-0.1, -0.05) is 146 Å². The van der Waals surface area contributed by atoms with E-state index in [1.165, 1.54) is 32.7 Å². The lowest BCUT2D eigenvalue weighted by Gasteiger charge is -2.13. The molecule has 0 fully saturated rings. The van der Waals surface area contributed by atoms with Crippen molar-refractivity contribution in [3.8, 4) is 51.0 Å². The summed E-state index contributed by atoms with van der Waals surface area (Å²) >= 11 is 0. The first kappa shape index (κ1) is 32.4. The first-order valence-corrected chi connectivity index (χ1v) is 19.5. The Kier molecular flexibility index (Phi) is 7.16. The maximum atomic E-state index is 6.72. The predicted octanol–water partition coefficient (Wildman–Crippen LogP) is 13.8. The summed E-state index contributed by atoms with van der Waals surface area (Å²) < 4.78 is 9.08. The molecule has 0 aliphatic heterocycles. The molecule has 0 saturated carbocycles. The summed E-state index contributed by atoms with van der Waals surface area (Å²) in [7, 11) is 0. The second-order valence-electron chi connectivity index (χ2n) is 14.8. The summed E-state index contributed by atoms with van der Waals surface area (Å²) in [6.45, 7) is 0. The largest absolute Gasteiger partial charge is 0.456 e. The van der Waals surface area contributed by atoms with Gasteiger partial charge in [0.2, 0.25) is 0 Å². The zero-order valence-electron chi connectivity index (χ0n) is 31.2. The molecule has 0 N–H and O–H groups in total. The van der Waals surface area contributed by atoms with Crippen molar-refractivity contribution in [1.82, 2.24) is 19.5 Å². The van der Waals surface area contributed by atoms with Crippen molar-refractivity contribution in [3.63, 3.8) is 0 Å². The summed E-state index contributed by atoms with van der Waals surface area (Å²) in [5.74, 6) is 1.79. The van der Waals surface area contributed by atoms with Crippen LogP contribution in [0.4, 0.5) is 0 Å². The normalized spacial score (nSPS) is 11.8. The fourth-order valence-corrected chi connectivity index (χ4v) is 8.61. The Bertz CT molecular complexity index is 3570. The molecule has 0 unspecified atom stereocenters. The number of rotatable bonds is 5. The molecule has 0 aliphatic rings. The lowest BCUT2D eigenvalue weighted by molar-refractivity contribution is 0.668. The maximum Gasteiger partial charge on any atom is 0.164 e. The Morgan fingerprint density at radius 2 is 0.948 bits per heavy atom. The Morgan fingerprint density at radius 1 is 0.345 bits per heavy atom. The van der Waals surface area contributed by atoms with E-state index in [0.29, 0.717) is 17.5 Å². The van der Waals surface area contributed by atoms with Gasteiger partial charge in [0.25, 0.3) is 0 Å². The van der Waals surface area contributed by atoms with Gasteiger partial charge in [-0.3, -0.25) is 0 Å². The number of nitrogens with zero attached hydrogens (tertiary/aromatic N) is 4. The molecule has 5 nitrogen and oxygen atoms in total. The quantitative estimate of drug-likeness (QED) is 0.176. The first-order chi connectivity index (χ1) is 28.7. The van der Waals surface area contributed by atoms with Crippen LogP contribution in [0.3, 0.4) is 0 Å². The molecule has 3 aromatic heterocycles. The minimum absolute atomic E-state index is 0.577. The molecule has 270 valence electrons. The summed E-state index contributed by atoms with van der Waals surface area (Å²) in [5, 5.41) is 9.01. The van der Waals surface area contributed by atoms with Gasteiger partial charge in [0.05, 0.1) is 16.7 Å². The molecule has 0 amide bonds. The number of hydrogen-bond donors (Lipinski definition) is 0. The third-order valence-corrected chi connectivity index (χ3v) is 11.4. The topological polar surface area (TPSA) is 56.7 Å². The van der Waals surface area contributed by atoms with Crippen molar-refractivity contribution in [2.75, 3.05) is 0 Å². The van der Waals surface area contributed by atoms with Crippen LogP contribution in [0.1, 0.15) is 0 Å². The summed E-state index contributed by atoms with van der Waals surface area (Å²) in [4.78, 5) is 15.7. The van der Waals surface area contributed by atoms with E-state index in [1.807, 2.05) is 30.3 Å². The molecule has 0 saturated heterocycles. The molecule has 5 heteroatoms. The summed E-state index contributed by atoms with van der Waals surface area (Å²) in [6.07, 6.45) is 0. The van der Waals surface area contributed by atoms with Crippen molar-refractivity contribution in [1.29, 1.82) is 0 Å². The standard InChI is InChI=1S/C53H32N4O/c1-3-13-33(14-4-1)39-25-26-46-43(29-39)44-28-37-19-9-10-20-38(37)30-47(44)57(46)41-31-45(50-42-21-11-12-22-48(42)58-49(50)32-41)53-55-51(35-16-5-2-6-17-35)54-52(56-53)40-24-23-34-15-7-8-18-36(34)27-40/h1-32H. The number of fused-ring (bicyclic) bond motifs is 8. The monoisotopic (exact) mass is 740 g/mol. The van der Waals surface area contributed by atoms with Crippen LogP contribution >= 0.6 is 0 Å². The molecule has 12 rings (SSSR count). The van der Waals surface area contributed by atoms with E-state index >= 15 is 0 Å². The van der Waals surface area contributed by atoms with Crippen LogP contribution in [0.2, 0.25) is 0 Å². The van der Waals surface area contributed by atoms with Gasteiger partial charge in [-0.25, -0.2) is 15.0 Å². The fraction of sp³-hybridized carbons (Fsp3) is 0. The van der Waals surface area contributed by atoms with Crippen LogP contribution in [0.25, 0.3) is 116 Å². The van der Waals surface area contributed by atoms with E-state index in [0.717, 1.165) is 66.1 Å². The molecule has 0 aliphatic carbocycles. The molecule has 0 bridgehead atoms. The van der Waals surface area contributed by atoms with Crippen LogP contribution < -0.4 is 0 Å². The van der Waals surface area contributed by atoms with E-state index in [-0.39, 0.29) is 0 Å². The van der Waals surface area contributed by atoms with Crippen molar-refractivity contribution in [2.45, 2.75) is 0 Å². The van der Waals surface area contributed by atoms with Crippen LogP contribution in [0.15, 0.2) is 199 Å². The number of aromatic nitrogens is 4. The van der Waals surface area contributed by atoms with E-state index in [9.17, 15) is 0 Å². The van der Waals surface area contributed by atoms with Gasteiger partial charge in [-0.15, -0.1) is 0 Å². The third kappa shape index (κ3) is 5.21. The van der Waals surface area contributed by atoms with Gasteiger partial charge in [0, 0.05) is 44.3 Å². The molecular weight excluding hydrogens is 709 g/mol. The fourth-order valence-electron chi connectivity index (χ4n) is 8.61. The molecule has 3 heterocycles. The van der Waals surface area contributed by atoms with E-state index in [4.69, 9.17) is 19.4 Å². The average molecular weight is 741 g/mol. The number of furan rings is 1. The summed E-state index contributed by atoms with van der Waals surface area (Å²) in [5.41, 5.74) is 9.81. The highest BCUT2D eigenvalue weighted by Gasteiger charge is 2.22. The van der Waals surface area contributed by atoms with E-state index < -0.39 is 0 Å². The molecule has 0 spiro atoms. The lowest BCUT2D eigenvalue weighted by atomic mass is 10.0. The minimum Gasteiger partial charge on any atom is -0.456 e. The Morgan fingerprint density at radius 3 is 1.74 bits per heavy atom. The second kappa shape index (κ2) is 12.8. The van der Waals surface area contributed by atoms with Gasteiger partial charge in [0.15, 0.2) is 17.5 Å². The Balaban J connectivity index is 1.17. The van der Waals surface area contributed by atoms with Crippen molar-refractivity contribution in [2.24, 2.45) is 0 Å². The third-order valence-electron chi connectivity index (χ3n) is 11.4. The predicted molar refractivity (Wildman–Crippen MR) is 238 cm³/mol. The van der Waals surface area contributed by atoms with Gasteiger partial charge in [-0.2, -0.15) is 0 Å².